The zero-order valence-corrected chi connectivity index (χ0v) is 12.3. The molecule has 0 aromatic carbocycles. The molecule has 19 heavy (non-hydrogen) atoms. The number of amides is 1. The van der Waals surface area contributed by atoms with Gasteiger partial charge in [0.15, 0.2) is 12.4 Å². The summed E-state index contributed by atoms with van der Waals surface area (Å²) in [5.74, 6) is 0.321. The predicted octanol–water partition coefficient (Wildman–Crippen LogP) is 2.79. The van der Waals surface area contributed by atoms with Crippen molar-refractivity contribution in [2.45, 2.75) is 52.5 Å². The summed E-state index contributed by atoms with van der Waals surface area (Å²) in [7, 11) is 0. The second-order valence-corrected chi connectivity index (χ2v) is 4.95. The van der Waals surface area contributed by atoms with Crippen LogP contribution in [0.25, 0.3) is 0 Å². The van der Waals surface area contributed by atoms with Crippen LogP contribution in [0.4, 0.5) is 0 Å². The van der Waals surface area contributed by atoms with E-state index < -0.39 is 0 Å². The number of hydrogen-bond acceptors (Lipinski definition) is 1. The number of carbonyl (C=O) groups is 1. The van der Waals surface area contributed by atoms with Crippen molar-refractivity contribution in [2.75, 3.05) is 13.1 Å². The normalized spacial score (nSPS) is 10.4. The molecule has 1 amide bonds. The van der Waals surface area contributed by atoms with Gasteiger partial charge in [0.05, 0.1) is 0 Å². The van der Waals surface area contributed by atoms with Crippen molar-refractivity contribution in [2.24, 2.45) is 0 Å². The minimum absolute atomic E-state index is 0.321. The monoisotopic (exact) mass is 263 g/mol. The van der Waals surface area contributed by atoms with E-state index in [1.165, 1.54) is 0 Å². The Morgan fingerprint density at radius 1 is 1.00 bits per heavy atom. The highest BCUT2D eigenvalue weighted by Crippen LogP contribution is 2.03. The predicted molar refractivity (Wildman–Crippen MR) is 77.7 cm³/mol. The molecule has 1 aromatic heterocycles. The fourth-order valence-electron chi connectivity index (χ4n) is 2.21. The first-order valence-electron chi connectivity index (χ1n) is 7.49. The van der Waals surface area contributed by atoms with Crippen molar-refractivity contribution >= 4 is 5.91 Å². The molecular formula is C16H27N2O+. The number of hydrogen-bond donors (Lipinski definition) is 0. The summed E-state index contributed by atoms with van der Waals surface area (Å²) in [5, 5.41) is 0. The van der Waals surface area contributed by atoms with Gasteiger partial charge in [-0.3, -0.25) is 4.79 Å². The quantitative estimate of drug-likeness (QED) is 0.496. The first-order valence-corrected chi connectivity index (χ1v) is 7.49. The summed E-state index contributed by atoms with van der Waals surface area (Å²) in [5.41, 5.74) is 0. The lowest BCUT2D eigenvalue weighted by Gasteiger charge is -2.21. The van der Waals surface area contributed by atoms with E-state index in [1.54, 1.807) is 0 Å². The highest BCUT2D eigenvalue weighted by molar-refractivity contribution is 5.76. The maximum Gasteiger partial charge on any atom is 0.222 e. The molecule has 0 aliphatic heterocycles. The molecule has 0 aliphatic carbocycles. The number of unbranched alkanes of at least 4 members (excludes halogenated alkanes) is 1. The topological polar surface area (TPSA) is 24.2 Å². The third-order valence-corrected chi connectivity index (χ3v) is 3.17. The Morgan fingerprint density at radius 3 is 2.21 bits per heavy atom. The molecule has 0 saturated heterocycles. The molecule has 0 unspecified atom stereocenters. The van der Waals surface area contributed by atoms with E-state index in [4.69, 9.17) is 0 Å². The maximum atomic E-state index is 12.1. The number of aromatic nitrogens is 1. The lowest BCUT2D eigenvalue weighted by atomic mass is 10.2. The van der Waals surface area contributed by atoms with Crippen molar-refractivity contribution < 1.29 is 9.36 Å². The smallest absolute Gasteiger partial charge is 0.222 e. The van der Waals surface area contributed by atoms with Gasteiger partial charge in [0.2, 0.25) is 5.91 Å². The molecule has 0 saturated carbocycles. The minimum Gasteiger partial charge on any atom is -0.343 e. The molecule has 0 aliphatic rings. The molecule has 106 valence electrons. The van der Waals surface area contributed by atoms with Gasteiger partial charge >= 0.3 is 0 Å². The van der Waals surface area contributed by atoms with Gasteiger partial charge in [-0.1, -0.05) is 19.9 Å². The highest BCUT2D eigenvalue weighted by Gasteiger charge is 2.11. The standard InChI is InChI=1S/C16H27N2O/c1-3-11-18(12-4-2)16(19)10-6-9-15-17-13-7-5-8-14-17/h5,7-8,13-14H,3-4,6,9-12,15H2,1-2H3/q+1. The van der Waals surface area contributed by atoms with Gasteiger partial charge < -0.3 is 4.90 Å². The average Bonchev–Trinajstić information content (AvgIpc) is 2.44. The Bertz CT molecular complexity index is 345. The molecule has 0 N–H and O–H groups in total. The third-order valence-electron chi connectivity index (χ3n) is 3.17. The molecular weight excluding hydrogens is 236 g/mol. The van der Waals surface area contributed by atoms with Gasteiger partial charge in [0, 0.05) is 38.1 Å². The Kier molecular flexibility index (Phi) is 7.87. The largest absolute Gasteiger partial charge is 0.343 e. The molecule has 0 radical (unpaired) electrons. The summed E-state index contributed by atoms with van der Waals surface area (Å²) in [6.45, 7) is 7.06. The van der Waals surface area contributed by atoms with Crippen LogP contribution >= 0.6 is 0 Å². The first kappa shape index (κ1) is 15.7. The summed E-state index contributed by atoms with van der Waals surface area (Å²) in [4.78, 5) is 14.1. The number of nitrogens with zero attached hydrogens (tertiary/aromatic N) is 2. The third kappa shape index (κ3) is 6.37. The lowest BCUT2D eigenvalue weighted by Crippen LogP contribution is -2.33. The molecule has 0 bridgehead atoms. The molecule has 1 aromatic rings. The van der Waals surface area contributed by atoms with E-state index in [0.29, 0.717) is 12.3 Å². The van der Waals surface area contributed by atoms with E-state index >= 15 is 0 Å². The van der Waals surface area contributed by atoms with Gasteiger partial charge in [-0.15, -0.1) is 0 Å². The van der Waals surface area contributed by atoms with Crippen molar-refractivity contribution in [1.82, 2.24) is 4.90 Å². The fraction of sp³-hybridized carbons (Fsp3) is 0.625. The Labute approximate surface area is 117 Å². The fourth-order valence-corrected chi connectivity index (χ4v) is 2.21. The molecule has 1 heterocycles. The summed E-state index contributed by atoms with van der Waals surface area (Å²) in [6, 6.07) is 6.10. The maximum absolute atomic E-state index is 12.1. The molecule has 3 nitrogen and oxygen atoms in total. The summed E-state index contributed by atoms with van der Waals surface area (Å²) >= 11 is 0. The van der Waals surface area contributed by atoms with E-state index in [9.17, 15) is 4.79 Å². The van der Waals surface area contributed by atoms with E-state index in [-0.39, 0.29) is 0 Å². The van der Waals surface area contributed by atoms with Crippen LogP contribution in [-0.4, -0.2) is 23.9 Å². The first-order chi connectivity index (χ1) is 9.27. The molecule has 0 spiro atoms. The number of aryl methyl sites for hydroxylation is 1. The second-order valence-electron chi connectivity index (χ2n) is 4.95. The van der Waals surface area contributed by atoms with Crippen LogP contribution in [0.1, 0.15) is 46.0 Å². The van der Waals surface area contributed by atoms with Gasteiger partial charge in [-0.25, -0.2) is 4.57 Å². The van der Waals surface area contributed by atoms with Crippen molar-refractivity contribution in [3.63, 3.8) is 0 Å². The SMILES string of the molecule is CCCN(CCC)C(=O)CCCC[n+]1ccccc1. The zero-order valence-electron chi connectivity index (χ0n) is 12.3. The van der Waals surface area contributed by atoms with Gasteiger partial charge in [-0.2, -0.15) is 0 Å². The Balaban J connectivity index is 2.22. The molecule has 1 rings (SSSR count). The Morgan fingerprint density at radius 2 is 1.63 bits per heavy atom. The van der Waals surface area contributed by atoms with Crippen LogP contribution in [0, 0.1) is 0 Å². The van der Waals surface area contributed by atoms with E-state index in [1.807, 2.05) is 23.1 Å². The lowest BCUT2D eigenvalue weighted by molar-refractivity contribution is -0.697. The number of carbonyl (C=O) groups excluding carboxylic acids is 1. The van der Waals surface area contributed by atoms with Crippen LogP contribution in [0.15, 0.2) is 30.6 Å². The number of rotatable bonds is 9. The molecule has 0 fully saturated rings. The van der Waals surface area contributed by atoms with Gasteiger partial charge in [0.25, 0.3) is 0 Å². The van der Waals surface area contributed by atoms with Gasteiger partial charge in [0.1, 0.15) is 6.54 Å². The second kappa shape index (κ2) is 9.54. The van der Waals surface area contributed by atoms with E-state index in [0.717, 1.165) is 45.3 Å². The average molecular weight is 263 g/mol. The van der Waals surface area contributed by atoms with Crippen LogP contribution < -0.4 is 4.57 Å². The van der Waals surface area contributed by atoms with Crippen LogP contribution in [0.5, 0.6) is 0 Å². The van der Waals surface area contributed by atoms with Crippen molar-refractivity contribution in [3.8, 4) is 0 Å². The molecule has 3 heteroatoms. The number of pyridine rings is 1. The van der Waals surface area contributed by atoms with Crippen molar-refractivity contribution in [1.29, 1.82) is 0 Å². The van der Waals surface area contributed by atoms with Crippen LogP contribution in [0.2, 0.25) is 0 Å². The highest BCUT2D eigenvalue weighted by atomic mass is 16.2. The minimum atomic E-state index is 0.321. The Hall–Kier alpha value is -1.38. The van der Waals surface area contributed by atoms with Crippen molar-refractivity contribution in [3.05, 3.63) is 30.6 Å². The zero-order chi connectivity index (χ0) is 13.9. The van der Waals surface area contributed by atoms with Gasteiger partial charge in [-0.05, 0) is 19.3 Å². The van der Waals surface area contributed by atoms with Crippen LogP contribution in [-0.2, 0) is 11.3 Å². The summed E-state index contributed by atoms with van der Waals surface area (Å²) < 4.78 is 2.17. The molecule has 0 atom stereocenters. The van der Waals surface area contributed by atoms with Crippen LogP contribution in [0.3, 0.4) is 0 Å². The summed E-state index contributed by atoms with van der Waals surface area (Å²) in [6.07, 6.45) is 8.96. The van der Waals surface area contributed by atoms with E-state index in [2.05, 4.69) is 30.8 Å².